The van der Waals surface area contributed by atoms with Crippen LogP contribution in [0.3, 0.4) is 0 Å². The van der Waals surface area contributed by atoms with Crippen LogP contribution in [0.2, 0.25) is 0 Å². The zero-order valence-corrected chi connectivity index (χ0v) is 7.18. The highest BCUT2D eigenvalue weighted by molar-refractivity contribution is 8.93. The molecule has 0 amide bonds. The molecule has 0 radical (unpaired) electrons. The molecule has 1 saturated heterocycles. The SMILES string of the molecule is Br.OCC1CCCCN1. The van der Waals surface area contributed by atoms with Crippen LogP contribution in [0.15, 0.2) is 0 Å². The molecule has 0 aliphatic carbocycles. The van der Waals surface area contributed by atoms with Gasteiger partial charge in [-0.15, -0.1) is 17.0 Å². The summed E-state index contributed by atoms with van der Waals surface area (Å²) in [6.07, 6.45) is 3.70. The first-order valence-corrected chi connectivity index (χ1v) is 3.27. The summed E-state index contributed by atoms with van der Waals surface area (Å²) in [5.74, 6) is 0. The largest absolute Gasteiger partial charge is 0.395 e. The zero-order valence-electron chi connectivity index (χ0n) is 5.47. The molecule has 0 bridgehead atoms. The summed E-state index contributed by atoms with van der Waals surface area (Å²) >= 11 is 0. The minimum Gasteiger partial charge on any atom is -0.395 e. The number of halogens is 1. The van der Waals surface area contributed by atoms with E-state index in [1.165, 1.54) is 12.8 Å². The summed E-state index contributed by atoms with van der Waals surface area (Å²) < 4.78 is 0. The molecular formula is C6H14BrNO. The number of hydrogen-bond acceptors (Lipinski definition) is 2. The smallest absolute Gasteiger partial charge is 0.0584 e. The topological polar surface area (TPSA) is 32.3 Å². The fraction of sp³-hybridized carbons (Fsp3) is 1.00. The number of nitrogens with one attached hydrogen (secondary N) is 1. The van der Waals surface area contributed by atoms with E-state index in [0.717, 1.165) is 13.0 Å². The molecule has 0 aromatic carbocycles. The van der Waals surface area contributed by atoms with Gasteiger partial charge >= 0.3 is 0 Å². The van der Waals surface area contributed by atoms with Crippen molar-refractivity contribution in [3.8, 4) is 0 Å². The van der Waals surface area contributed by atoms with Gasteiger partial charge in [0.15, 0.2) is 0 Å². The molecule has 9 heavy (non-hydrogen) atoms. The van der Waals surface area contributed by atoms with E-state index in [0.29, 0.717) is 12.6 Å². The van der Waals surface area contributed by atoms with Gasteiger partial charge in [-0.2, -0.15) is 0 Å². The Kier molecular flexibility index (Phi) is 5.44. The lowest BCUT2D eigenvalue weighted by molar-refractivity contribution is 0.220. The van der Waals surface area contributed by atoms with Gasteiger partial charge < -0.3 is 10.4 Å². The lowest BCUT2D eigenvalue weighted by atomic mass is 10.1. The zero-order chi connectivity index (χ0) is 5.82. The lowest BCUT2D eigenvalue weighted by Gasteiger charge is -2.20. The minimum absolute atomic E-state index is 0. The van der Waals surface area contributed by atoms with Crippen molar-refractivity contribution in [2.75, 3.05) is 13.2 Å². The van der Waals surface area contributed by atoms with Crippen molar-refractivity contribution in [2.45, 2.75) is 25.3 Å². The van der Waals surface area contributed by atoms with Crippen LogP contribution in [-0.4, -0.2) is 24.3 Å². The van der Waals surface area contributed by atoms with Crippen LogP contribution in [0.25, 0.3) is 0 Å². The highest BCUT2D eigenvalue weighted by atomic mass is 79.9. The summed E-state index contributed by atoms with van der Waals surface area (Å²) in [7, 11) is 0. The van der Waals surface area contributed by atoms with Crippen LogP contribution < -0.4 is 5.32 Å². The van der Waals surface area contributed by atoms with Gasteiger partial charge in [0, 0.05) is 6.04 Å². The van der Waals surface area contributed by atoms with Crippen LogP contribution in [-0.2, 0) is 0 Å². The number of hydrogen-bond donors (Lipinski definition) is 2. The summed E-state index contributed by atoms with van der Waals surface area (Å²) in [5, 5.41) is 11.8. The molecule has 2 nitrogen and oxygen atoms in total. The van der Waals surface area contributed by atoms with E-state index in [4.69, 9.17) is 5.11 Å². The third-order valence-electron chi connectivity index (χ3n) is 1.63. The normalized spacial score (nSPS) is 27.0. The van der Waals surface area contributed by atoms with Crippen LogP contribution in [0.4, 0.5) is 0 Å². The summed E-state index contributed by atoms with van der Waals surface area (Å²) in [5.41, 5.74) is 0. The molecule has 1 atom stereocenters. The van der Waals surface area contributed by atoms with Gasteiger partial charge in [-0.3, -0.25) is 0 Å². The minimum atomic E-state index is 0. The molecule has 1 fully saturated rings. The molecule has 1 aliphatic heterocycles. The van der Waals surface area contributed by atoms with Crippen LogP contribution >= 0.6 is 17.0 Å². The maximum atomic E-state index is 8.63. The Labute approximate surface area is 66.4 Å². The summed E-state index contributed by atoms with van der Waals surface area (Å²) in [6, 6.07) is 0.392. The van der Waals surface area contributed by atoms with Crippen LogP contribution in [0.5, 0.6) is 0 Å². The molecule has 1 rings (SSSR count). The Morgan fingerprint density at radius 2 is 2.22 bits per heavy atom. The first-order chi connectivity index (χ1) is 3.93. The van der Waals surface area contributed by atoms with E-state index < -0.39 is 0 Å². The molecule has 1 aliphatic rings. The predicted molar refractivity (Wildman–Crippen MR) is 43.0 cm³/mol. The first kappa shape index (κ1) is 9.40. The molecular weight excluding hydrogens is 182 g/mol. The Bertz CT molecular complexity index is 64.1. The van der Waals surface area contributed by atoms with E-state index in [1.54, 1.807) is 0 Å². The number of aliphatic hydroxyl groups excluding tert-OH is 1. The second-order valence-electron chi connectivity index (χ2n) is 2.33. The second kappa shape index (κ2) is 5.21. The van der Waals surface area contributed by atoms with Gasteiger partial charge in [0.1, 0.15) is 0 Å². The van der Waals surface area contributed by atoms with E-state index in [-0.39, 0.29) is 17.0 Å². The van der Waals surface area contributed by atoms with Crippen molar-refractivity contribution in [2.24, 2.45) is 0 Å². The molecule has 2 N–H and O–H groups in total. The molecule has 1 heterocycles. The average Bonchev–Trinajstić information content (AvgIpc) is 1.90. The fourth-order valence-electron chi connectivity index (χ4n) is 1.08. The number of aliphatic hydroxyl groups is 1. The maximum absolute atomic E-state index is 8.63. The average molecular weight is 196 g/mol. The molecule has 3 heteroatoms. The van der Waals surface area contributed by atoms with Crippen molar-refractivity contribution >= 4 is 17.0 Å². The molecule has 1 unspecified atom stereocenters. The Morgan fingerprint density at radius 1 is 1.44 bits per heavy atom. The Morgan fingerprint density at radius 3 is 2.56 bits per heavy atom. The molecule has 56 valence electrons. The van der Waals surface area contributed by atoms with Gasteiger partial charge in [-0.1, -0.05) is 6.42 Å². The van der Waals surface area contributed by atoms with Gasteiger partial charge in [-0.25, -0.2) is 0 Å². The number of piperidine rings is 1. The van der Waals surface area contributed by atoms with E-state index in [9.17, 15) is 0 Å². The summed E-state index contributed by atoms with van der Waals surface area (Å²) in [6.45, 7) is 1.39. The van der Waals surface area contributed by atoms with E-state index in [1.807, 2.05) is 0 Å². The molecule has 0 aromatic heterocycles. The van der Waals surface area contributed by atoms with Gasteiger partial charge in [0.25, 0.3) is 0 Å². The van der Waals surface area contributed by atoms with Crippen molar-refractivity contribution in [1.29, 1.82) is 0 Å². The molecule has 0 saturated carbocycles. The molecule has 0 spiro atoms. The third-order valence-corrected chi connectivity index (χ3v) is 1.63. The van der Waals surface area contributed by atoms with Crippen LogP contribution in [0.1, 0.15) is 19.3 Å². The van der Waals surface area contributed by atoms with Crippen LogP contribution in [0, 0.1) is 0 Å². The highest BCUT2D eigenvalue weighted by Gasteiger charge is 2.09. The van der Waals surface area contributed by atoms with Crippen molar-refractivity contribution in [1.82, 2.24) is 5.32 Å². The lowest BCUT2D eigenvalue weighted by Crippen LogP contribution is -2.36. The van der Waals surface area contributed by atoms with Crippen molar-refractivity contribution in [3.05, 3.63) is 0 Å². The first-order valence-electron chi connectivity index (χ1n) is 3.27. The van der Waals surface area contributed by atoms with Crippen molar-refractivity contribution in [3.63, 3.8) is 0 Å². The van der Waals surface area contributed by atoms with E-state index in [2.05, 4.69) is 5.32 Å². The predicted octanol–water partition coefficient (Wildman–Crippen LogP) is 0.699. The van der Waals surface area contributed by atoms with E-state index >= 15 is 0 Å². The maximum Gasteiger partial charge on any atom is 0.0584 e. The Hall–Kier alpha value is 0.400. The van der Waals surface area contributed by atoms with Gasteiger partial charge in [0.2, 0.25) is 0 Å². The fourth-order valence-corrected chi connectivity index (χ4v) is 1.08. The Balaban J connectivity index is 0.000000640. The monoisotopic (exact) mass is 195 g/mol. The van der Waals surface area contributed by atoms with Gasteiger partial charge in [0.05, 0.1) is 6.61 Å². The quantitative estimate of drug-likeness (QED) is 0.646. The van der Waals surface area contributed by atoms with Crippen molar-refractivity contribution < 1.29 is 5.11 Å². The standard InChI is InChI=1S/C6H13NO.BrH/c8-5-6-3-1-2-4-7-6;/h6-8H,1-5H2;1H. The summed E-state index contributed by atoms with van der Waals surface area (Å²) in [4.78, 5) is 0. The van der Waals surface area contributed by atoms with Gasteiger partial charge in [-0.05, 0) is 19.4 Å². The second-order valence-corrected chi connectivity index (χ2v) is 2.33. The molecule has 0 aromatic rings. The number of rotatable bonds is 1. The third kappa shape index (κ3) is 3.18. The highest BCUT2D eigenvalue weighted by Crippen LogP contribution is 2.04.